The Kier molecular flexibility index (Phi) is 3.57. The Balaban J connectivity index is 2.43. The summed E-state index contributed by atoms with van der Waals surface area (Å²) in [5.74, 6) is 0.663. The molecule has 19 heavy (non-hydrogen) atoms. The second-order valence-electron chi connectivity index (χ2n) is 5.62. The minimum absolute atomic E-state index is 0.0972. The smallest absolute Gasteiger partial charge is 0.330 e. The summed E-state index contributed by atoms with van der Waals surface area (Å²) >= 11 is 0. The van der Waals surface area contributed by atoms with Crippen LogP contribution in [-0.2, 0) is 11.8 Å². The second kappa shape index (κ2) is 5.01. The van der Waals surface area contributed by atoms with Gasteiger partial charge in [0.2, 0.25) is 0 Å². The molecule has 0 aliphatic carbocycles. The van der Waals surface area contributed by atoms with E-state index in [1.54, 1.807) is 4.57 Å². The van der Waals surface area contributed by atoms with Crippen LogP contribution in [0.4, 0.5) is 0 Å². The molecule has 0 bridgehead atoms. The molecule has 5 nitrogen and oxygen atoms in total. The van der Waals surface area contributed by atoms with Gasteiger partial charge in [-0.15, -0.1) is 0 Å². The lowest BCUT2D eigenvalue weighted by Crippen LogP contribution is -2.19. The van der Waals surface area contributed by atoms with Gasteiger partial charge in [-0.2, -0.15) is 5.10 Å². The number of hydrogen-bond donors (Lipinski definition) is 2. The number of H-pyrrole nitrogens is 1. The molecule has 5 heteroatoms. The van der Waals surface area contributed by atoms with Crippen molar-refractivity contribution in [1.82, 2.24) is 14.8 Å². The summed E-state index contributed by atoms with van der Waals surface area (Å²) in [7, 11) is 0. The summed E-state index contributed by atoms with van der Waals surface area (Å²) < 4.78 is 1.57. The number of nitrogens with two attached hydrogens (primary N) is 1. The summed E-state index contributed by atoms with van der Waals surface area (Å²) in [6, 6.07) is 7.97. The van der Waals surface area contributed by atoms with E-state index in [1.807, 2.05) is 24.3 Å². The van der Waals surface area contributed by atoms with Gasteiger partial charge in [0.15, 0.2) is 0 Å². The van der Waals surface area contributed by atoms with E-state index in [9.17, 15) is 4.79 Å². The van der Waals surface area contributed by atoms with Crippen molar-refractivity contribution < 1.29 is 0 Å². The van der Waals surface area contributed by atoms with Crippen molar-refractivity contribution in [3.63, 3.8) is 0 Å². The minimum atomic E-state index is -0.230. The molecule has 1 aromatic carbocycles. The maximum Gasteiger partial charge on any atom is 0.347 e. The van der Waals surface area contributed by atoms with E-state index in [0.29, 0.717) is 18.8 Å². The van der Waals surface area contributed by atoms with Crippen molar-refractivity contribution >= 4 is 0 Å². The summed E-state index contributed by atoms with van der Waals surface area (Å²) in [6.45, 7) is 6.94. The third-order valence-electron chi connectivity index (χ3n) is 3.10. The number of aromatic nitrogens is 3. The normalized spacial score (nSPS) is 11.8. The molecule has 0 aliphatic heterocycles. The Morgan fingerprint density at radius 3 is 2.42 bits per heavy atom. The van der Waals surface area contributed by atoms with Crippen LogP contribution in [0.5, 0.6) is 0 Å². The quantitative estimate of drug-likeness (QED) is 0.874. The molecule has 0 saturated heterocycles. The molecule has 0 fully saturated rings. The first-order valence-corrected chi connectivity index (χ1v) is 6.41. The van der Waals surface area contributed by atoms with Crippen LogP contribution in [0.1, 0.15) is 32.2 Å². The van der Waals surface area contributed by atoms with Crippen molar-refractivity contribution in [3.05, 3.63) is 46.1 Å². The number of nitrogens with one attached hydrogen (secondary N) is 1. The average Bonchev–Trinajstić information content (AvgIpc) is 2.70. The Morgan fingerprint density at radius 1 is 1.26 bits per heavy atom. The lowest BCUT2D eigenvalue weighted by Gasteiger charge is -2.19. The van der Waals surface area contributed by atoms with E-state index in [0.717, 1.165) is 5.69 Å². The molecular weight excluding hydrogens is 240 g/mol. The van der Waals surface area contributed by atoms with Gasteiger partial charge in [-0.3, -0.25) is 0 Å². The highest BCUT2D eigenvalue weighted by molar-refractivity contribution is 5.37. The fourth-order valence-corrected chi connectivity index (χ4v) is 2.00. The Labute approximate surface area is 112 Å². The maximum absolute atomic E-state index is 11.8. The standard InChI is InChI=1S/C14H20N4O/c1-14(2,3)10-4-6-11(7-5-10)18-12(8-9-15)16-17-13(18)19/h4-7H,8-9,15H2,1-3H3,(H,17,19). The largest absolute Gasteiger partial charge is 0.347 e. The van der Waals surface area contributed by atoms with Gasteiger partial charge in [0.25, 0.3) is 0 Å². The van der Waals surface area contributed by atoms with Crippen LogP contribution in [0.2, 0.25) is 0 Å². The zero-order chi connectivity index (χ0) is 14.0. The lowest BCUT2D eigenvalue weighted by molar-refractivity contribution is 0.590. The number of aromatic amines is 1. The highest BCUT2D eigenvalue weighted by Gasteiger charge is 2.14. The van der Waals surface area contributed by atoms with E-state index in [1.165, 1.54) is 5.56 Å². The topological polar surface area (TPSA) is 76.7 Å². The third kappa shape index (κ3) is 2.76. The molecule has 0 unspecified atom stereocenters. The number of hydrogen-bond acceptors (Lipinski definition) is 3. The van der Waals surface area contributed by atoms with Crippen molar-refractivity contribution in [3.8, 4) is 5.69 Å². The van der Waals surface area contributed by atoms with Crippen LogP contribution >= 0.6 is 0 Å². The molecule has 0 aliphatic rings. The zero-order valence-corrected chi connectivity index (χ0v) is 11.6. The SMILES string of the molecule is CC(C)(C)c1ccc(-n2c(CCN)n[nH]c2=O)cc1. The molecular formula is C14H20N4O. The van der Waals surface area contributed by atoms with Gasteiger partial charge in [0.05, 0.1) is 5.69 Å². The van der Waals surface area contributed by atoms with Crippen LogP contribution in [-0.4, -0.2) is 21.3 Å². The van der Waals surface area contributed by atoms with Gasteiger partial charge >= 0.3 is 5.69 Å². The fourth-order valence-electron chi connectivity index (χ4n) is 2.00. The Hall–Kier alpha value is -1.88. The first kappa shape index (κ1) is 13.5. The molecule has 1 aromatic heterocycles. The Morgan fingerprint density at radius 2 is 1.89 bits per heavy atom. The van der Waals surface area contributed by atoms with Crippen LogP contribution in [0.3, 0.4) is 0 Å². The van der Waals surface area contributed by atoms with E-state index >= 15 is 0 Å². The zero-order valence-electron chi connectivity index (χ0n) is 11.6. The third-order valence-corrected chi connectivity index (χ3v) is 3.10. The Bertz CT molecular complexity index is 602. The molecule has 0 spiro atoms. The summed E-state index contributed by atoms with van der Waals surface area (Å²) in [6.07, 6.45) is 0.569. The van der Waals surface area contributed by atoms with Crippen molar-refractivity contribution in [2.24, 2.45) is 5.73 Å². The summed E-state index contributed by atoms with van der Waals surface area (Å²) in [4.78, 5) is 11.8. The molecule has 0 radical (unpaired) electrons. The highest BCUT2D eigenvalue weighted by atomic mass is 16.1. The van der Waals surface area contributed by atoms with Gasteiger partial charge in [0, 0.05) is 6.42 Å². The molecule has 2 rings (SSSR count). The number of nitrogens with zero attached hydrogens (tertiary/aromatic N) is 2. The van der Waals surface area contributed by atoms with Crippen molar-refractivity contribution in [2.75, 3.05) is 6.54 Å². The molecule has 0 atom stereocenters. The van der Waals surface area contributed by atoms with Crippen LogP contribution < -0.4 is 11.4 Å². The predicted molar refractivity (Wildman–Crippen MR) is 75.6 cm³/mol. The van der Waals surface area contributed by atoms with Crippen LogP contribution in [0.15, 0.2) is 29.1 Å². The second-order valence-corrected chi connectivity index (χ2v) is 5.62. The van der Waals surface area contributed by atoms with Gasteiger partial charge in [-0.1, -0.05) is 32.9 Å². The predicted octanol–water partition coefficient (Wildman–Crippen LogP) is 1.36. The van der Waals surface area contributed by atoms with Crippen molar-refractivity contribution in [1.29, 1.82) is 0 Å². The first-order valence-electron chi connectivity index (χ1n) is 6.41. The van der Waals surface area contributed by atoms with Gasteiger partial charge in [-0.05, 0) is 29.7 Å². The van der Waals surface area contributed by atoms with Crippen LogP contribution in [0, 0.1) is 0 Å². The van der Waals surface area contributed by atoms with Gasteiger partial charge in [-0.25, -0.2) is 14.5 Å². The van der Waals surface area contributed by atoms with Gasteiger partial charge in [0.1, 0.15) is 5.82 Å². The molecule has 0 saturated carbocycles. The fraction of sp³-hybridized carbons (Fsp3) is 0.429. The van der Waals surface area contributed by atoms with E-state index in [4.69, 9.17) is 5.73 Å². The number of rotatable bonds is 3. The molecule has 1 heterocycles. The maximum atomic E-state index is 11.8. The van der Waals surface area contributed by atoms with Crippen molar-refractivity contribution in [2.45, 2.75) is 32.6 Å². The first-order chi connectivity index (χ1) is 8.93. The van der Waals surface area contributed by atoms with Crippen LogP contribution in [0.25, 0.3) is 5.69 Å². The van der Waals surface area contributed by atoms with E-state index in [2.05, 4.69) is 31.0 Å². The molecule has 102 valence electrons. The summed E-state index contributed by atoms with van der Waals surface area (Å²) in [5, 5.41) is 6.47. The van der Waals surface area contributed by atoms with Gasteiger partial charge < -0.3 is 5.73 Å². The molecule has 3 N–H and O–H groups in total. The minimum Gasteiger partial charge on any atom is -0.330 e. The van der Waals surface area contributed by atoms with E-state index < -0.39 is 0 Å². The lowest BCUT2D eigenvalue weighted by atomic mass is 9.87. The van der Waals surface area contributed by atoms with E-state index in [-0.39, 0.29) is 11.1 Å². The number of benzene rings is 1. The molecule has 2 aromatic rings. The highest BCUT2D eigenvalue weighted by Crippen LogP contribution is 2.23. The molecule has 0 amide bonds. The summed E-state index contributed by atoms with van der Waals surface area (Å²) in [5.41, 5.74) is 7.44. The monoisotopic (exact) mass is 260 g/mol. The average molecular weight is 260 g/mol.